The lowest BCUT2D eigenvalue weighted by molar-refractivity contribution is 0.284. The average Bonchev–Trinajstić information content (AvgIpc) is 3.00. The molecule has 3 aromatic rings. The molecule has 0 aliphatic heterocycles. The number of nitrogens with zero attached hydrogens (tertiary/aromatic N) is 4. The lowest BCUT2D eigenvalue weighted by Crippen LogP contribution is -2.13. The van der Waals surface area contributed by atoms with Gasteiger partial charge in [0, 0.05) is 16.1 Å². The molecule has 10 heteroatoms. The molecule has 3 N–H and O–H groups in total. The Balaban J connectivity index is 0.00000280. The monoisotopic (exact) mass is 422 g/mol. The van der Waals surface area contributed by atoms with Gasteiger partial charge in [0.2, 0.25) is 0 Å². The first kappa shape index (κ1) is 21.3. The number of hydrogen-bond donors (Lipinski definition) is 2. The maximum Gasteiger partial charge on any atom is 0.263 e. The Bertz CT molecular complexity index is 961. The smallest absolute Gasteiger partial charge is 0.263 e. The minimum atomic E-state index is 0. The zero-order chi connectivity index (χ0) is 19.2. The SMILES string of the molecule is COc1cccc(/C=N/Nc2nnc(C)n2N)c1OCc1ccccc1Cl.Cl. The van der Waals surface area contributed by atoms with Crippen molar-refractivity contribution >= 4 is 36.2 Å². The fourth-order valence-electron chi connectivity index (χ4n) is 2.32. The molecule has 0 aliphatic carbocycles. The van der Waals surface area contributed by atoms with Crippen molar-refractivity contribution in [2.75, 3.05) is 18.4 Å². The van der Waals surface area contributed by atoms with Gasteiger partial charge in [-0.25, -0.2) is 10.1 Å². The van der Waals surface area contributed by atoms with E-state index in [4.69, 9.17) is 26.9 Å². The van der Waals surface area contributed by atoms with Gasteiger partial charge in [-0.2, -0.15) is 5.10 Å². The second-order valence-electron chi connectivity index (χ2n) is 5.57. The zero-order valence-electron chi connectivity index (χ0n) is 15.3. The molecule has 28 heavy (non-hydrogen) atoms. The summed E-state index contributed by atoms with van der Waals surface area (Å²) >= 11 is 6.20. The Morgan fingerprint density at radius 3 is 2.68 bits per heavy atom. The van der Waals surface area contributed by atoms with Crippen LogP contribution in [-0.2, 0) is 6.61 Å². The number of para-hydroxylation sites is 1. The predicted octanol–water partition coefficient (Wildman–Crippen LogP) is 3.41. The molecular formula is C18H20Cl2N6O2. The van der Waals surface area contributed by atoms with Crippen molar-refractivity contribution < 1.29 is 9.47 Å². The topological polar surface area (TPSA) is 99.6 Å². The quantitative estimate of drug-likeness (QED) is 0.343. The molecule has 8 nitrogen and oxygen atoms in total. The second-order valence-corrected chi connectivity index (χ2v) is 5.98. The van der Waals surface area contributed by atoms with Crippen LogP contribution >= 0.6 is 24.0 Å². The van der Waals surface area contributed by atoms with Crippen LogP contribution in [0.2, 0.25) is 5.02 Å². The van der Waals surface area contributed by atoms with Crippen molar-refractivity contribution in [1.82, 2.24) is 14.9 Å². The number of aryl methyl sites for hydroxylation is 1. The number of nitrogen functional groups attached to an aromatic ring is 1. The Morgan fingerprint density at radius 2 is 2.00 bits per heavy atom. The maximum atomic E-state index is 6.20. The molecule has 0 radical (unpaired) electrons. The number of benzene rings is 2. The summed E-state index contributed by atoms with van der Waals surface area (Å²) in [6.45, 7) is 2.04. The number of halogens is 2. The molecule has 0 amide bonds. The number of nitrogens with one attached hydrogen (secondary N) is 1. The van der Waals surface area contributed by atoms with E-state index in [0.717, 1.165) is 5.56 Å². The molecule has 0 aliphatic rings. The molecule has 0 fully saturated rings. The summed E-state index contributed by atoms with van der Waals surface area (Å²) in [5.74, 6) is 7.81. The van der Waals surface area contributed by atoms with E-state index < -0.39 is 0 Å². The highest BCUT2D eigenvalue weighted by atomic mass is 35.5. The number of aromatic nitrogens is 3. The highest BCUT2D eigenvalue weighted by Gasteiger charge is 2.11. The fraction of sp³-hybridized carbons (Fsp3) is 0.167. The Kier molecular flexibility index (Phi) is 7.48. The van der Waals surface area contributed by atoms with Gasteiger partial charge in [0.05, 0.1) is 13.3 Å². The van der Waals surface area contributed by atoms with Gasteiger partial charge in [0.25, 0.3) is 5.95 Å². The van der Waals surface area contributed by atoms with Crippen molar-refractivity contribution in [1.29, 1.82) is 0 Å². The van der Waals surface area contributed by atoms with E-state index in [1.807, 2.05) is 42.5 Å². The van der Waals surface area contributed by atoms with Crippen LogP contribution in [0.4, 0.5) is 5.95 Å². The molecule has 1 heterocycles. The van der Waals surface area contributed by atoms with Crippen molar-refractivity contribution in [2.45, 2.75) is 13.5 Å². The van der Waals surface area contributed by atoms with Crippen molar-refractivity contribution in [3.05, 3.63) is 64.4 Å². The van der Waals surface area contributed by atoms with Gasteiger partial charge in [0.15, 0.2) is 17.3 Å². The summed E-state index contributed by atoms with van der Waals surface area (Å²) in [6.07, 6.45) is 1.59. The third kappa shape index (κ3) is 4.85. The Hall–Kier alpha value is -2.97. The van der Waals surface area contributed by atoms with E-state index in [1.165, 1.54) is 4.68 Å². The van der Waals surface area contributed by atoms with E-state index in [1.54, 1.807) is 20.2 Å². The molecule has 0 saturated carbocycles. The van der Waals surface area contributed by atoms with Gasteiger partial charge in [0.1, 0.15) is 6.61 Å². The van der Waals surface area contributed by atoms with E-state index in [-0.39, 0.29) is 12.4 Å². The van der Waals surface area contributed by atoms with Gasteiger partial charge >= 0.3 is 0 Å². The second kappa shape index (κ2) is 9.82. The largest absolute Gasteiger partial charge is 0.493 e. The van der Waals surface area contributed by atoms with E-state index in [2.05, 4.69) is 20.7 Å². The first-order valence-electron chi connectivity index (χ1n) is 8.09. The van der Waals surface area contributed by atoms with Gasteiger partial charge < -0.3 is 15.3 Å². The molecule has 0 bridgehead atoms. The van der Waals surface area contributed by atoms with Crippen LogP contribution in [0.25, 0.3) is 0 Å². The molecule has 2 aromatic carbocycles. The van der Waals surface area contributed by atoms with E-state index in [0.29, 0.717) is 40.5 Å². The number of rotatable bonds is 7. The molecule has 148 valence electrons. The van der Waals surface area contributed by atoms with Crippen LogP contribution in [0.1, 0.15) is 17.0 Å². The number of anilines is 1. The van der Waals surface area contributed by atoms with Gasteiger partial charge in [-0.1, -0.05) is 35.9 Å². The lowest BCUT2D eigenvalue weighted by Gasteiger charge is -2.13. The molecule has 0 unspecified atom stereocenters. The molecular weight excluding hydrogens is 403 g/mol. The Labute approximate surface area is 173 Å². The molecule has 1 aromatic heterocycles. The molecule has 0 spiro atoms. The third-order valence-electron chi connectivity index (χ3n) is 3.79. The molecule has 0 atom stereocenters. The minimum Gasteiger partial charge on any atom is -0.493 e. The van der Waals surface area contributed by atoms with Crippen LogP contribution in [-0.4, -0.2) is 28.2 Å². The predicted molar refractivity (Wildman–Crippen MR) is 112 cm³/mol. The van der Waals surface area contributed by atoms with E-state index >= 15 is 0 Å². The van der Waals surface area contributed by atoms with Crippen LogP contribution < -0.4 is 20.7 Å². The summed E-state index contributed by atoms with van der Waals surface area (Å²) in [4.78, 5) is 0. The van der Waals surface area contributed by atoms with Crippen LogP contribution in [0, 0.1) is 6.92 Å². The molecule has 0 saturated heterocycles. The van der Waals surface area contributed by atoms with Crippen LogP contribution in [0.5, 0.6) is 11.5 Å². The van der Waals surface area contributed by atoms with Gasteiger partial charge in [-0.05, 0) is 25.1 Å². The number of ether oxygens (including phenoxy) is 2. The summed E-state index contributed by atoms with van der Waals surface area (Å²) in [6, 6.07) is 13.0. The average molecular weight is 423 g/mol. The summed E-state index contributed by atoms with van der Waals surface area (Å²) < 4.78 is 12.7. The number of hydrogen-bond acceptors (Lipinski definition) is 7. The standard InChI is InChI=1S/C18H19ClN6O2.ClH/c1-12-22-24-18(25(12)20)23-21-10-13-7-5-9-16(26-2)17(13)27-11-14-6-3-4-8-15(14)19;/h3-10H,11,20H2,1-2H3,(H,23,24);1H/b21-10+;. The van der Waals surface area contributed by atoms with Crippen LogP contribution in [0.15, 0.2) is 47.6 Å². The normalized spacial score (nSPS) is 10.5. The first-order valence-corrected chi connectivity index (χ1v) is 8.47. The van der Waals surface area contributed by atoms with Crippen molar-refractivity contribution in [3.8, 4) is 11.5 Å². The maximum absolute atomic E-state index is 6.20. The molecule has 3 rings (SSSR count). The zero-order valence-corrected chi connectivity index (χ0v) is 16.9. The van der Waals surface area contributed by atoms with Gasteiger partial charge in [-0.3, -0.25) is 0 Å². The highest BCUT2D eigenvalue weighted by molar-refractivity contribution is 6.31. The van der Waals surface area contributed by atoms with E-state index in [9.17, 15) is 0 Å². The summed E-state index contributed by atoms with van der Waals surface area (Å²) in [7, 11) is 1.58. The lowest BCUT2D eigenvalue weighted by atomic mass is 10.2. The highest BCUT2D eigenvalue weighted by Crippen LogP contribution is 2.31. The van der Waals surface area contributed by atoms with Crippen molar-refractivity contribution in [3.63, 3.8) is 0 Å². The van der Waals surface area contributed by atoms with Crippen molar-refractivity contribution in [2.24, 2.45) is 5.10 Å². The summed E-state index contributed by atoms with van der Waals surface area (Å²) in [5.41, 5.74) is 4.34. The number of hydrazone groups is 1. The Morgan fingerprint density at radius 1 is 1.21 bits per heavy atom. The first-order chi connectivity index (χ1) is 13.1. The minimum absolute atomic E-state index is 0. The number of methoxy groups -OCH3 is 1. The van der Waals surface area contributed by atoms with Gasteiger partial charge in [-0.15, -0.1) is 22.6 Å². The number of nitrogens with two attached hydrogens (primary N) is 1. The third-order valence-corrected chi connectivity index (χ3v) is 4.16. The van der Waals surface area contributed by atoms with Crippen LogP contribution in [0.3, 0.4) is 0 Å². The summed E-state index contributed by atoms with van der Waals surface area (Å²) in [5, 5.41) is 12.5. The fourth-order valence-corrected chi connectivity index (χ4v) is 2.51.